The Labute approximate surface area is 111 Å². The number of carbonyl (C=O) groups is 1. The van der Waals surface area contributed by atoms with E-state index >= 15 is 0 Å². The van der Waals surface area contributed by atoms with Crippen LogP contribution in [-0.4, -0.2) is 5.78 Å². The molecular formula is C16H12OS. The Kier molecular flexibility index (Phi) is 3.03. The van der Waals surface area contributed by atoms with E-state index in [-0.39, 0.29) is 5.78 Å². The van der Waals surface area contributed by atoms with E-state index < -0.39 is 0 Å². The van der Waals surface area contributed by atoms with Crippen molar-refractivity contribution in [3.8, 4) is 0 Å². The second kappa shape index (κ2) is 4.83. The molecule has 1 nitrogen and oxygen atoms in total. The largest absolute Gasteiger partial charge is 0.289 e. The molecule has 0 spiro atoms. The van der Waals surface area contributed by atoms with Crippen molar-refractivity contribution in [1.29, 1.82) is 0 Å². The minimum absolute atomic E-state index is 0.126. The molecule has 0 saturated heterocycles. The fraction of sp³-hybridized carbons (Fsp3) is 0.0625. The van der Waals surface area contributed by atoms with Crippen LogP contribution in [0.4, 0.5) is 0 Å². The van der Waals surface area contributed by atoms with Gasteiger partial charge < -0.3 is 0 Å². The molecule has 0 aliphatic heterocycles. The van der Waals surface area contributed by atoms with Crippen LogP contribution in [0.3, 0.4) is 0 Å². The molecule has 0 bridgehead atoms. The van der Waals surface area contributed by atoms with Gasteiger partial charge in [0, 0.05) is 22.3 Å². The van der Waals surface area contributed by atoms with Gasteiger partial charge in [-0.3, -0.25) is 4.79 Å². The van der Waals surface area contributed by atoms with Crippen LogP contribution < -0.4 is 0 Å². The van der Waals surface area contributed by atoms with Crippen LogP contribution in [0.2, 0.25) is 0 Å². The van der Waals surface area contributed by atoms with E-state index in [0.29, 0.717) is 0 Å². The summed E-state index contributed by atoms with van der Waals surface area (Å²) in [6.07, 6.45) is 1.75. The molecule has 2 heteroatoms. The van der Waals surface area contributed by atoms with Crippen LogP contribution in [0.5, 0.6) is 0 Å². The number of thioether (sulfide) groups is 1. The van der Waals surface area contributed by atoms with Crippen molar-refractivity contribution >= 4 is 22.5 Å². The smallest absolute Gasteiger partial charge is 0.187 e. The number of rotatable bonds is 3. The molecule has 1 aliphatic rings. The third kappa shape index (κ3) is 2.12. The highest BCUT2D eigenvalue weighted by Gasteiger charge is 2.20. The summed E-state index contributed by atoms with van der Waals surface area (Å²) in [7, 11) is 0. The van der Waals surface area contributed by atoms with Gasteiger partial charge in [0.15, 0.2) is 5.78 Å². The highest BCUT2D eigenvalue weighted by atomic mass is 32.2. The number of hydrogen-bond donors (Lipinski definition) is 0. The molecule has 0 radical (unpaired) electrons. The van der Waals surface area contributed by atoms with Gasteiger partial charge in [-0.15, -0.1) is 11.8 Å². The molecule has 2 aromatic rings. The average molecular weight is 252 g/mol. The Hall–Kier alpha value is -1.80. The molecule has 0 heterocycles. The van der Waals surface area contributed by atoms with E-state index in [4.69, 9.17) is 0 Å². The van der Waals surface area contributed by atoms with Gasteiger partial charge in [0.2, 0.25) is 0 Å². The van der Waals surface area contributed by atoms with E-state index in [1.807, 2.05) is 42.5 Å². The van der Waals surface area contributed by atoms with E-state index in [0.717, 1.165) is 21.8 Å². The second-order valence-electron chi connectivity index (χ2n) is 4.19. The fourth-order valence-electron chi connectivity index (χ4n) is 2.04. The van der Waals surface area contributed by atoms with Crippen LogP contribution in [0.15, 0.2) is 60.7 Å². The molecule has 18 heavy (non-hydrogen) atoms. The zero-order valence-corrected chi connectivity index (χ0v) is 10.6. The maximum absolute atomic E-state index is 11.8. The van der Waals surface area contributed by atoms with Crippen molar-refractivity contribution < 1.29 is 4.79 Å². The quantitative estimate of drug-likeness (QED) is 0.816. The van der Waals surface area contributed by atoms with Crippen LogP contribution >= 0.6 is 11.8 Å². The molecule has 2 aromatic carbocycles. The lowest BCUT2D eigenvalue weighted by Crippen LogP contribution is -1.89. The normalized spacial score (nSPS) is 13.3. The summed E-state index contributed by atoms with van der Waals surface area (Å²) in [6, 6.07) is 18.1. The third-order valence-electron chi connectivity index (χ3n) is 2.96. The minimum atomic E-state index is 0.126. The van der Waals surface area contributed by atoms with Gasteiger partial charge in [-0.05, 0) is 11.1 Å². The van der Waals surface area contributed by atoms with Crippen LogP contribution in [0.25, 0.3) is 4.91 Å². The lowest BCUT2D eigenvalue weighted by Gasteiger charge is -2.04. The molecular weight excluding hydrogens is 240 g/mol. The summed E-state index contributed by atoms with van der Waals surface area (Å²) in [5, 5.41) is 0. The number of benzene rings is 2. The number of fused-ring (bicyclic) bond motifs is 1. The Morgan fingerprint density at radius 1 is 0.833 bits per heavy atom. The molecule has 1 aliphatic carbocycles. The molecule has 88 valence electrons. The molecule has 0 amide bonds. The van der Waals surface area contributed by atoms with Gasteiger partial charge in [-0.2, -0.15) is 0 Å². The Balaban J connectivity index is 1.79. The SMILES string of the molecule is O=C1C=C(SCc2ccccc2)c2ccccc21. The predicted octanol–water partition coefficient (Wildman–Crippen LogP) is 4.16. The summed E-state index contributed by atoms with van der Waals surface area (Å²) in [5.74, 6) is 1.02. The van der Waals surface area contributed by atoms with E-state index in [1.165, 1.54) is 5.56 Å². The predicted molar refractivity (Wildman–Crippen MR) is 76.5 cm³/mol. The number of hydrogen-bond acceptors (Lipinski definition) is 2. The van der Waals surface area contributed by atoms with Crippen LogP contribution in [-0.2, 0) is 5.75 Å². The lowest BCUT2D eigenvalue weighted by atomic mass is 10.1. The first-order chi connectivity index (χ1) is 8.84. The number of carbonyl (C=O) groups excluding carboxylic acids is 1. The highest BCUT2D eigenvalue weighted by molar-refractivity contribution is 8.07. The van der Waals surface area contributed by atoms with Crippen molar-refractivity contribution in [2.45, 2.75) is 5.75 Å². The van der Waals surface area contributed by atoms with Crippen molar-refractivity contribution in [3.63, 3.8) is 0 Å². The summed E-state index contributed by atoms with van der Waals surface area (Å²) < 4.78 is 0. The Morgan fingerprint density at radius 3 is 2.28 bits per heavy atom. The van der Waals surface area contributed by atoms with Gasteiger partial charge in [-0.25, -0.2) is 0 Å². The second-order valence-corrected chi connectivity index (χ2v) is 5.21. The van der Waals surface area contributed by atoms with E-state index in [1.54, 1.807) is 17.8 Å². The zero-order chi connectivity index (χ0) is 12.4. The summed E-state index contributed by atoms with van der Waals surface area (Å²) in [6.45, 7) is 0. The monoisotopic (exact) mass is 252 g/mol. The van der Waals surface area contributed by atoms with Crippen molar-refractivity contribution in [3.05, 3.63) is 77.4 Å². The third-order valence-corrected chi connectivity index (χ3v) is 4.08. The molecule has 0 atom stereocenters. The number of allylic oxidation sites excluding steroid dienone is 1. The van der Waals surface area contributed by atoms with Gasteiger partial charge in [0.25, 0.3) is 0 Å². The highest BCUT2D eigenvalue weighted by Crippen LogP contribution is 2.37. The molecule has 0 N–H and O–H groups in total. The van der Waals surface area contributed by atoms with Crippen molar-refractivity contribution in [2.75, 3.05) is 0 Å². The fourth-order valence-corrected chi connectivity index (χ4v) is 3.08. The molecule has 0 unspecified atom stereocenters. The van der Waals surface area contributed by atoms with Crippen LogP contribution in [0, 0.1) is 0 Å². The topological polar surface area (TPSA) is 17.1 Å². The van der Waals surface area contributed by atoms with Gasteiger partial charge in [-0.1, -0.05) is 54.6 Å². The summed E-state index contributed by atoms with van der Waals surface area (Å²) in [4.78, 5) is 12.9. The average Bonchev–Trinajstić information content (AvgIpc) is 2.75. The van der Waals surface area contributed by atoms with Crippen LogP contribution in [0.1, 0.15) is 21.5 Å². The van der Waals surface area contributed by atoms with E-state index in [9.17, 15) is 4.79 Å². The maximum Gasteiger partial charge on any atom is 0.187 e. The summed E-state index contributed by atoms with van der Waals surface area (Å²) in [5.41, 5.74) is 3.18. The first-order valence-corrected chi connectivity index (χ1v) is 6.85. The van der Waals surface area contributed by atoms with Gasteiger partial charge in [0.05, 0.1) is 0 Å². The van der Waals surface area contributed by atoms with Crippen molar-refractivity contribution in [2.24, 2.45) is 0 Å². The molecule has 3 rings (SSSR count). The Morgan fingerprint density at radius 2 is 1.50 bits per heavy atom. The summed E-state index contributed by atoms with van der Waals surface area (Å²) >= 11 is 1.72. The molecule has 0 aromatic heterocycles. The molecule has 0 saturated carbocycles. The Bertz CT molecular complexity index is 614. The first kappa shape index (κ1) is 11.3. The van der Waals surface area contributed by atoms with Gasteiger partial charge >= 0.3 is 0 Å². The van der Waals surface area contributed by atoms with E-state index in [2.05, 4.69) is 12.1 Å². The molecule has 0 fully saturated rings. The standard InChI is InChI=1S/C16H12OS/c17-15-10-16(14-9-5-4-8-13(14)15)18-11-12-6-2-1-3-7-12/h1-10H,11H2. The maximum atomic E-state index is 11.8. The lowest BCUT2D eigenvalue weighted by molar-refractivity contribution is 0.105. The first-order valence-electron chi connectivity index (χ1n) is 5.87. The number of ketones is 1. The van der Waals surface area contributed by atoms with Gasteiger partial charge in [0.1, 0.15) is 0 Å². The zero-order valence-electron chi connectivity index (χ0n) is 9.80. The van der Waals surface area contributed by atoms with Crippen molar-refractivity contribution in [1.82, 2.24) is 0 Å². The minimum Gasteiger partial charge on any atom is -0.289 e.